The van der Waals surface area contributed by atoms with E-state index in [9.17, 15) is 0 Å². The molecule has 0 aromatic heterocycles. The van der Waals surface area contributed by atoms with E-state index < -0.39 is 6.85 Å². The van der Waals surface area contributed by atoms with Gasteiger partial charge < -0.3 is 21.1 Å². The van der Waals surface area contributed by atoms with Crippen molar-refractivity contribution < 1.29 is 29.0 Å². The fourth-order valence-corrected chi connectivity index (χ4v) is 8.68. The number of rotatable bonds is 2. The number of nitrogens with zero attached hydrogens (tertiary/aromatic N) is 3. The zero-order valence-corrected chi connectivity index (χ0v) is 28.6. The normalized spacial score (nSPS) is 42.6. The molecule has 2 saturated heterocycles. The van der Waals surface area contributed by atoms with Crippen LogP contribution in [0.5, 0.6) is 0 Å². The van der Waals surface area contributed by atoms with Crippen LogP contribution in [0.4, 0.5) is 0 Å². The minimum Gasteiger partial charge on any atom is -0.769 e. The van der Waals surface area contributed by atoms with Crippen LogP contribution in [0.1, 0.15) is 96.9 Å². The molecule has 0 aromatic rings. The van der Waals surface area contributed by atoms with Crippen molar-refractivity contribution in [3.63, 3.8) is 0 Å². The Morgan fingerprint density at radius 2 is 2.00 bits per heavy atom. The molecule has 5 heterocycles. The van der Waals surface area contributed by atoms with Gasteiger partial charge in [0.05, 0.1) is 0 Å². The van der Waals surface area contributed by atoms with E-state index in [2.05, 4.69) is 69.6 Å². The number of ether oxygens (including phenoxy) is 1. The summed E-state index contributed by atoms with van der Waals surface area (Å²) >= 11 is 1.98. The maximum Gasteiger partial charge on any atom is 0.171 e. The molecular weight excluding hydrogens is 703 g/mol. The van der Waals surface area contributed by atoms with Crippen molar-refractivity contribution in [3.8, 4) is 0 Å². The number of aliphatic imine (C=N–C) groups is 1. The molecule has 229 valence electrons. The largest absolute Gasteiger partial charge is 0.769 e. The van der Waals surface area contributed by atoms with Crippen molar-refractivity contribution in [1.82, 2.24) is 0 Å². The molecule has 0 bridgehead atoms. The van der Waals surface area contributed by atoms with Crippen LogP contribution in [0, 0.1) is 48.0 Å². The summed E-state index contributed by atoms with van der Waals surface area (Å²) in [7, 11) is 0. The molecule has 6 heteroatoms. The summed E-state index contributed by atoms with van der Waals surface area (Å²) in [6.45, 7) is 10.4. The predicted octanol–water partition coefficient (Wildman–Crippen LogP) is 9.33. The van der Waals surface area contributed by atoms with Gasteiger partial charge in [0.25, 0.3) is 0 Å². The smallest absolute Gasteiger partial charge is 0.171 e. The van der Waals surface area contributed by atoms with Gasteiger partial charge in [-0.25, -0.2) is 12.0 Å². The molecule has 2 aliphatic carbocycles. The first kappa shape index (κ1) is 27.6. The van der Waals surface area contributed by atoms with Crippen LogP contribution in [-0.2, 0) is 24.8 Å². The van der Waals surface area contributed by atoms with Gasteiger partial charge in [0.2, 0.25) is 0 Å². The minimum atomic E-state index is -2.10. The van der Waals surface area contributed by atoms with E-state index in [0.29, 0.717) is 53.0 Å². The third-order valence-electron chi connectivity index (χ3n) is 10.4. The summed E-state index contributed by atoms with van der Waals surface area (Å²) in [5.41, 5.74) is 4.21. The Hall–Kier alpha value is -0.941. The Bertz CT molecular complexity index is 1230. The van der Waals surface area contributed by atoms with Crippen molar-refractivity contribution in [3.05, 3.63) is 62.8 Å². The second kappa shape index (κ2) is 13.4. The maximum atomic E-state index is 7.69. The van der Waals surface area contributed by atoms with Crippen molar-refractivity contribution in [2.75, 3.05) is 6.54 Å². The third kappa shape index (κ3) is 6.61. The van der Waals surface area contributed by atoms with Crippen LogP contribution in [-0.4, -0.2) is 35.8 Å². The molecule has 1 radical (unpaired) electrons. The first-order valence-electron chi connectivity index (χ1n) is 17.4. The van der Waals surface area contributed by atoms with E-state index in [4.69, 9.17) is 14.2 Å². The summed E-state index contributed by atoms with van der Waals surface area (Å²) in [6.07, 6.45) is 18.4. The second-order valence-corrected chi connectivity index (χ2v) is 14.8. The van der Waals surface area contributed by atoms with Gasteiger partial charge in [0.15, 0.2) is 6.23 Å². The van der Waals surface area contributed by atoms with Gasteiger partial charge >= 0.3 is 0 Å². The molecule has 2 fully saturated rings. The average Bonchev–Trinajstić information content (AvgIpc) is 3.50. The van der Waals surface area contributed by atoms with Crippen molar-refractivity contribution in [2.24, 2.45) is 40.5 Å². The number of thioether (sulfide) groups is 1. The van der Waals surface area contributed by atoms with Gasteiger partial charge in [-0.15, -0.1) is 43.2 Å². The Morgan fingerprint density at radius 1 is 1.15 bits per heavy atom. The molecule has 0 N–H and O–H groups in total. The summed E-state index contributed by atoms with van der Waals surface area (Å²) in [5, 5.41) is 10.5. The summed E-state index contributed by atoms with van der Waals surface area (Å²) in [6, 6.07) is 0.496. The van der Waals surface area contributed by atoms with Crippen molar-refractivity contribution in [1.29, 1.82) is 0 Å². The molecule has 0 spiro atoms. The molecular formula is C35H49IrN3OS-4. The van der Waals surface area contributed by atoms with Crippen molar-refractivity contribution in [2.45, 2.75) is 116 Å². The van der Waals surface area contributed by atoms with Gasteiger partial charge in [0.1, 0.15) is 0 Å². The maximum absolute atomic E-state index is 7.69. The zero-order chi connectivity index (χ0) is 30.5. The molecule has 3 unspecified atom stereocenters. The fraction of sp³-hybridized carbons (Fsp3) is 0.714. The van der Waals surface area contributed by atoms with E-state index in [1.165, 1.54) is 34.6 Å². The molecule has 10 atom stereocenters. The predicted molar refractivity (Wildman–Crippen MR) is 169 cm³/mol. The molecule has 7 rings (SSSR count). The zero-order valence-electron chi connectivity index (χ0n) is 28.4. The molecule has 5 aliphatic heterocycles. The summed E-state index contributed by atoms with van der Waals surface area (Å²) < 4.78 is 29.4. The molecule has 0 saturated carbocycles. The van der Waals surface area contributed by atoms with E-state index in [1.54, 1.807) is 0 Å². The quantitative estimate of drug-likeness (QED) is 0.264. The van der Waals surface area contributed by atoms with Crippen LogP contribution >= 0.6 is 11.8 Å². The Morgan fingerprint density at radius 3 is 2.76 bits per heavy atom. The standard InChI is InChI=1S/C21H28N2OS.C14H21N.Ir/c1-11-7-8-15-14-5-4-6-16(20(14)24-21(15)22-11)17-9-10-18-19(23-17)12(2)13(3)25-18;1-10-4-6-13(7-5-10)14-8-11(2)12(3)9-15-14;/h6,10,12-15,17,19,21H,4-5,7-9H2,1-3H3;8,10-12H,4-6,9H2,1-3H3;/q2*-2;/t12-,13+,14?,15?,17-,19-,21?;10-,11+,12-;/m11./s1/i1D3;;. The van der Waals surface area contributed by atoms with E-state index in [0.717, 1.165) is 50.3 Å². The molecule has 0 amide bonds. The first-order valence-corrected chi connectivity index (χ1v) is 16.7. The molecule has 0 aromatic carbocycles. The second-order valence-electron chi connectivity index (χ2n) is 13.4. The Kier molecular flexibility index (Phi) is 9.00. The van der Waals surface area contributed by atoms with Gasteiger partial charge in [-0.1, -0.05) is 71.8 Å². The number of hydrogen-bond donors (Lipinski definition) is 0. The van der Waals surface area contributed by atoms with Gasteiger partial charge in [0, 0.05) is 41.1 Å². The van der Waals surface area contributed by atoms with E-state index in [-0.39, 0.29) is 32.4 Å². The van der Waals surface area contributed by atoms with Crippen LogP contribution in [0.25, 0.3) is 10.6 Å². The Labute approximate surface area is 271 Å². The first-order chi connectivity index (χ1) is 20.5. The molecule has 41 heavy (non-hydrogen) atoms. The number of fused-ring (bicyclic) bond motifs is 4. The van der Waals surface area contributed by atoms with E-state index in [1.807, 2.05) is 11.8 Å². The summed E-state index contributed by atoms with van der Waals surface area (Å²) in [4.78, 5) is 5.98. The van der Waals surface area contributed by atoms with Crippen LogP contribution in [0.15, 0.2) is 44.7 Å². The average molecular weight is 755 g/mol. The Balaban J connectivity index is 0.000000204. The van der Waals surface area contributed by atoms with Crippen molar-refractivity contribution >= 4 is 17.5 Å². The fourth-order valence-electron chi connectivity index (χ4n) is 7.28. The number of allylic oxidation sites excluding steroid dienone is 4. The SMILES string of the molecule is C[C@H]1C[C-]=C(C2=C[C@H](C)[C@H](C)C[N-]2)CC1.[2H]C([2H])([2H])C1=NC2OC3=C([C@H]4CC=C5S[C@@H](C)[C@@H](C)[C@H]5[N-]4)[CH-]CCC3C2CC1.[Ir]. The van der Waals surface area contributed by atoms with E-state index >= 15 is 0 Å². The third-order valence-corrected chi connectivity index (χ3v) is 11.9. The van der Waals surface area contributed by atoms with Gasteiger partial charge in [-0.3, -0.25) is 11.1 Å². The monoisotopic (exact) mass is 755 g/mol. The summed E-state index contributed by atoms with van der Waals surface area (Å²) in [5.74, 6) is 4.52. The van der Waals surface area contributed by atoms with Crippen LogP contribution < -0.4 is 0 Å². The number of hydrogen-bond acceptors (Lipinski definition) is 3. The van der Waals surface area contributed by atoms with Crippen LogP contribution in [0.3, 0.4) is 0 Å². The van der Waals surface area contributed by atoms with Gasteiger partial charge in [-0.2, -0.15) is 11.6 Å². The molecule has 4 nitrogen and oxygen atoms in total. The van der Waals surface area contributed by atoms with Gasteiger partial charge in [-0.05, 0) is 54.5 Å². The molecule has 7 aliphatic rings. The van der Waals surface area contributed by atoms with Crippen LogP contribution in [0.2, 0.25) is 0 Å². The minimum absolute atomic E-state index is 0. The topological polar surface area (TPSA) is 49.8 Å².